The van der Waals surface area contributed by atoms with Crippen LogP contribution in [0.1, 0.15) is 81.9 Å². The molecule has 32 heteroatoms. The molecular formula is C58H86N18O14. The first-order valence-electron chi connectivity index (χ1n) is 28.9. The van der Waals surface area contributed by atoms with Gasteiger partial charge in [-0.15, -0.1) is 0 Å². The van der Waals surface area contributed by atoms with Crippen LogP contribution in [0.15, 0.2) is 106 Å². The number of nitrogens with one attached hydrogen (secondary N) is 8. The van der Waals surface area contributed by atoms with Crippen LogP contribution in [-0.4, -0.2) is 184 Å². The molecule has 90 heavy (non-hydrogen) atoms. The molecule has 0 heterocycles. The summed E-state index contributed by atoms with van der Waals surface area (Å²) in [4.78, 5) is 149. The summed E-state index contributed by atoms with van der Waals surface area (Å²) >= 11 is 0. The molecule has 0 saturated heterocycles. The van der Waals surface area contributed by atoms with Gasteiger partial charge < -0.3 is 103 Å². The Morgan fingerprint density at radius 3 is 1.02 bits per heavy atom. The second-order valence-electron chi connectivity index (χ2n) is 21.1. The molecule has 0 aliphatic heterocycles. The van der Waals surface area contributed by atoms with Crippen LogP contribution in [0.2, 0.25) is 0 Å². The number of guanidine groups is 3. The number of hydrogen-bond acceptors (Lipinski definition) is 16. The molecule has 3 rings (SSSR count). The zero-order valence-corrected chi connectivity index (χ0v) is 50.2. The van der Waals surface area contributed by atoms with Crippen LogP contribution in [0.25, 0.3) is 0 Å². The Morgan fingerprint density at radius 2 is 0.678 bits per heavy atom. The molecule has 0 aromatic heterocycles. The van der Waals surface area contributed by atoms with E-state index in [1.807, 2.05) is 0 Å². The summed E-state index contributed by atoms with van der Waals surface area (Å²) < 4.78 is 0. The number of carboxylic acids is 2. The lowest BCUT2D eigenvalue weighted by molar-refractivity contribution is -0.143. The normalized spacial score (nSPS) is 14.5. The van der Waals surface area contributed by atoms with Crippen molar-refractivity contribution < 1.29 is 68.4 Å². The number of nitrogens with zero attached hydrogens (tertiary/aromatic N) is 3. The Kier molecular flexibility index (Phi) is 32.2. The number of carboxylic acid groups (broad SMARTS) is 2. The summed E-state index contributed by atoms with van der Waals surface area (Å²) in [6.45, 7) is 2.14. The van der Waals surface area contributed by atoms with E-state index in [0.717, 1.165) is 6.92 Å². The summed E-state index contributed by atoms with van der Waals surface area (Å²) in [5.74, 6) is -11.7. The first kappa shape index (κ1) is 74.3. The van der Waals surface area contributed by atoms with Gasteiger partial charge in [0, 0.05) is 38.9 Å². The smallest absolute Gasteiger partial charge is 0.326 e. The van der Waals surface area contributed by atoms with Crippen molar-refractivity contribution in [1.29, 1.82) is 0 Å². The Balaban J connectivity index is 2.00. The molecule has 11 atom stereocenters. The van der Waals surface area contributed by atoms with Crippen molar-refractivity contribution in [3.05, 3.63) is 108 Å². The minimum absolute atomic E-state index is 0.0164. The quantitative estimate of drug-likeness (QED) is 0.0144. The van der Waals surface area contributed by atoms with Gasteiger partial charge in [0.05, 0.1) is 18.2 Å². The van der Waals surface area contributed by atoms with Gasteiger partial charge in [0.25, 0.3) is 0 Å². The molecule has 3 aromatic carbocycles. The largest absolute Gasteiger partial charge is 0.481 e. The molecule has 0 radical (unpaired) electrons. The van der Waals surface area contributed by atoms with Crippen molar-refractivity contribution in [3.63, 3.8) is 0 Å². The minimum atomic E-state index is -1.85. The van der Waals surface area contributed by atoms with E-state index in [1.165, 1.54) is 6.92 Å². The molecule has 0 aliphatic rings. The number of aliphatic hydroxyl groups is 2. The zero-order chi connectivity index (χ0) is 66.9. The number of rotatable bonds is 40. The summed E-state index contributed by atoms with van der Waals surface area (Å²) in [6, 6.07) is 11.2. The van der Waals surface area contributed by atoms with Gasteiger partial charge in [-0.05, 0) is 81.9 Å². The van der Waals surface area contributed by atoms with Crippen LogP contribution in [-0.2, 0) is 67.2 Å². The lowest BCUT2D eigenvalue weighted by Crippen LogP contribution is -2.62. The lowest BCUT2D eigenvalue weighted by atomic mass is 10.0. The molecule has 11 unspecified atom stereocenters. The van der Waals surface area contributed by atoms with Crippen molar-refractivity contribution in [2.75, 3.05) is 19.6 Å². The predicted octanol–water partition coefficient (Wildman–Crippen LogP) is -5.21. The summed E-state index contributed by atoms with van der Waals surface area (Å²) in [6.07, 6.45) is -5.30. The summed E-state index contributed by atoms with van der Waals surface area (Å²) in [5.41, 5.74) is 41.1. The number of hydrogen-bond donors (Lipinski definition) is 19. The van der Waals surface area contributed by atoms with Gasteiger partial charge in [0.2, 0.25) is 47.3 Å². The van der Waals surface area contributed by atoms with Crippen LogP contribution in [0.5, 0.6) is 0 Å². The Bertz CT molecular complexity index is 2930. The topological polar surface area (TPSA) is 567 Å². The second kappa shape index (κ2) is 39.0. The number of aliphatic hydroxyl groups excluding tert-OH is 2. The molecule has 8 amide bonds. The average molecular weight is 1260 g/mol. The number of amides is 8. The van der Waals surface area contributed by atoms with Crippen molar-refractivity contribution in [2.24, 2.45) is 55.1 Å². The fourth-order valence-corrected chi connectivity index (χ4v) is 8.86. The first-order valence-corrected chi connectivity index (χ1v) is 28.9. The van der Waals surface area contributed by atoms with Gasteiger partial charge in [0.1, 0.15) is 48.3 Å². The molecule has 0 aliphatic carbocycles. The Labute approximate surface area is 519 Å². The van der Waals surface area contributed by atoms with Crippen LogP contribution >= 0.6 is 0 Å². The third-order valence-electron chi connectivity index (χ3n) is 13.6. The molecule has 26 N–H and O–H groups in total. The van der Waals surface area contributed by atoms with Crippen molar-refractivity contribution in [3.8, 4) is 0 Å². The van der Waals surface area contributed by atoms with E-state index >= 15 is 0 Å². The van der Waals surface area contributed by atoms with E-state index in [4.69, 9.17) is 40.1 Å². The van der Waals surface area contributed by atoms with Gasteiger partial charge in [-0.3, -0.25) is 58.1 Å². The third kappa shape index (κ3) is 28.3. The molecular weight excluding hydrogens is 1170 g/mol. The second-order valence-corrected chi connectivity index (χ2v) is 21.1. The summed E-state index contributed by atoms with van der Waals surface area (Å²) in [7, 11) is 0. The molecule has 0 fully saturated rings. The summed E-state index contributed by atoms with van der Waals surface area (Å²) in [5, 5.41) is 61.0. The SMILES string of the molecule is CC(O)C(NC(=O)C(CCCN=C(N)N)NC(=O)C(CCCN=C(N)N)NC(=O)C(Cc1ccccc1)NC(=O)C(CCCN=C(N)N)NC(=O)C(NC(=O)C(CCC(=O)O)NC(=O)C(N)Cc1ccccc1)C(C)O)C(=O)NC(Cc1ccccc1)C(=O)O. The molecule has 492 valence electrons. The highest BCUT2D eigenvalue weighted by molar-refractivity contribution is 5.98. The lowest BCUT2D eigenvalue weighted by Gasteiger charge is -2.29. The fourth-order valence-electron chi connectivity index (χ4n) is 8.86. The van der Waals surface area contributed by atoms with E-state index in [-0.39, 0.29) is 95.3 Å². The van der Waals surface area contributed by atoms with E-state index in [9.17, 15) is 68.4 Å². The minimum Gasteiger partial charge on any atom is -0.481 e. The van der Waals surface area contributed by atoms with E-state index in [1.54, 1.807) is 91.0 Å². The van der Waals surface area contributed by atoms with Crippen LogP contribution in [0.4, 0.5) is 0 Å². The molecule has 0 spiro atoms. The maximum absolute atomic E-state index is 14.8. The first-order chi connectivity index (χ1) is 42.6. The highest BCUT2D eigenvalue weighted by Gasteiger charge is 2.37. The Morgan fingerprint density at radius 1 is 0.389 bits per heavy atom. The zero-order valence-electron chi connectivity index (χ0n) is 50.2. The number of benzene rings is 3. The predicted molar refractivity (Wildman–Crippen MR) is 331 cm³/mol. The van der Waals surface area contributed by atoms with Gasteiger partial charge in [-0.2, -0.15) is 0 Å². The third-order valence-corrected chi connectivity index (χ3v) is 13.6. The van der Waals surface area contributed by atoms with Crippen molar-refractivity contribution >= 4 is 77.1 Å². The van der Waals surface area contributed by atoms with Gasteiger partial charge in [-0.1, -0.05) is 91.0 Å². The van der Waals surface area contributed by atoms with E-state index in [2.05, 4.69) is 57.5 Å². The fraction of sp³-hybridized carbons (Fsp3) is 0.466. The maximum Gasteiger partial charge on any atom is 0.326 e. The van der Waals surface area contributed by atoms with E-state index < -0.39 is 139 Å². The van der Waals surface area contributed by atoms with Gasteiger partial charge in [0.15, 0.2) is 17.9 Å². The van der Waals surface area contributed by atoms with Crippen LogP contribution in [0, 0.1) is 0 Å². The number of carbonyl (C=O) groups is 10. The number of aliphatic imine (C=N–C) groups is 3. The monoisotopic (exact) mass is 1260 g/mol. The molecule has 3 aromatic rings. The molecule has 32 nitrogen and oxygen atoms in total. The van der Waals surface area contributed by atoms with Crippen molar-refractivity contribution in [2.45, 2.75) is 151 Å². The van der Waals surface area contributed by atoms with E-state index in [0.29, 0.717) is 16.7 Å². The average Bonchev–Trinajstić information content (AvgIpc) is 1.50. The maximum atomic E-state index is 14.8. The van der Waals surface area contributed by atoms with Gasteiger partial charge >= 0.3 is 11.9 Å². The highest BCUT2D eigenvalue weighted by atomic mass is 16.4. The number of aliphatic carboxylic acids is 2. The molecule has 0 bridgehead atoms. The van der Waals surface area contributed by atoms with Crippen LogP contribution < -0.4 is 82.7 Å². The highest BCUT2D eigenvalue weighted by Crippen LogP contribution is 2.12. The van der Waals surface area contributed by atoms with Crippen LogP contribution in [0.3, 0.4) is 0 Å². The standard InChI is InChI=1S/C58H86N18O14/c1-32(77)45(76-51(85)41(24-25-44(79)80)69-47(81)37(59)29-34-15-6-3-7-16-34)53(87)72-39(22-13-27-67-57(62)63)49(83)73-42(30-35-17-8-4-9-18-35)52(86)71-38(21-12-26-66-56(60)61)48(82)70-40(23-14-28-68-58(64)65)50(84)75-46(33(2)78)54(88)74-43(55(89)90)31-36-19-10-5-11-20-36/h3-11,15-20,32-33,37-43,45-46,77-78H,12-14,21-31,59H2,1-2H3,(H,69,81)(H,70,82)(H,71,86)(H,72,87)(H,73,83)(H,74,88)(H,75,84)(H,76,85)(H,79,80)(H,89,90)(H4,60,61,66)(H4,62,63,67)(H4,64,65,68). The molecule has 0 saturated carbocycles. The number of carbonyl (C=O) groups excluding carboxylic acids is 8. The van der Waals surface area contributed by atoms with Gasteiger partial charge in [-0.25, -0.2) is 4.79 Å². The Hall–Kier alpha value is -9.95. The van der Waals surface area contributed by atoms with Crippen molar-refractivity contribution in [1.82, 2.24) is 42.5 Å². The number of nitrogens with two attached hydrogens (primary N) is 7.